The van der Waals surface area contributed by atoms with E-state index in [4.69, 9.17) is 0 Å². The lowest BCUT2D eigenvalue weighted by molar-refractivity contribution is -0.115. The van der Waals surface area contributed by atoms with Gasteiger partial charge in [-0.3, -0.25) is 9.59 Å². The molecule has 0 atom stereocenters. The van der Waals surface area contributed by atoms with Gasteiger partial charge in [-0.1, -0.05) is 12.1 Å². The first-order chi connectivity index (χ1) is 10.8. The molecule has 0 saturated heterocycles. The van der Waals surface area contributed by atoms with Crippen LogP contribution in [0.4, 0.5) is 11.4 Å². The van der Waals surface area contributed by atoms with Crippen molar-refractivity contribution in [1.82, 2.24) is 0 Å². The van der Waals surface area contributed by atoms with Crippen LogP contribution in [0, 0.1) is 0 Å². The SMILES string of the molecule is CC(=O)Nc1cccc(S(=O)(=O)c2cccc(NC(C)=O)c2)c1. The van der Waals surface area contributed by atoms with Crippen LogP contribution in [0.1, 0.15) is 13.8 Å². The average molecular weight is 332 g/mol. The molecule has 2 amide bonds. The maximum atomic E-state index is 12.7. The maximum Gasteiger partial charge on any atom is 0.221 e. The van der Waals surface area contributed by atoms with Crippen LogP contribution in [-0.4, -0.2) is 20.2 Å². The average Bonchev–Trinajstić information content (AvgIpc) is 2.46. The normalized spacial score (nSPS) is 10.9. The summed E-state index contributed by atoms with van der Waals surface area (Å²) in [6.07, 6.45) is 0. The highest BCUT2D eigenvalue weighted by Gasteiger charge is 2.18. The van der Waals surface area contributed by atoms with Crippen LogP contribution in [0.25, 0.3) is 0 Å². The monoisotopic (exact) mass is 332 g/mol. The van der Waals surface area contributed by atoms with Gasteiger partial charge < -0.3 is 10.6 Å². The predicted octanol–water partition coefficient (Wildman–Crippen LogP) is 2.44. The van der Waals surface area contributed by atoms with Crippen molar-refractivity contribution in [2.75, 3.05) is 10.6 Å². The van der Waals surface area contributed by atoms with E-state index in [9.17, 15) is 18.0 Å². The summed E-state index contributed by atoms with van der Waals surface area (Å²) in [5.41, 5.74) is 0.799. The van der Waals surface area contributed by atoms with Crippen LogP contribution in [0.2, 0.25) is 0 Å². The molecule has 2 rings (SSSR count). The zero-order valence-electron chi connectivity index (χ0n) is 12.7. The number of amides is 2. The zero-order valence-corrected chi connectivity index (χ0v) is 13.5. The third-order valence-electron chi connectivity index (χ3n) is 2.93. The molecule has 23 heavy (non-hydrogen) atoms. The van der Waals surface area contributed by atoms with Gasteiger partial charge in [-0.05, 0) is 36.4 Å². The molecule has 7 heteroatoms. The van der Waals surface area contributed by atoms with E-state index in [0.717, 1.165) is 0 Å². The summed E-state index contributed by atoms with van der Waals surface area (Å²) in [5, 5.41) is 5.09. The fourth-order valence-electron chi connectivity index (χ4n) is 2.02. The minimum Gasteiger partial charge on any atom is -0.326 e. The summed E-state index contributed by atoms with van der Waals surface area (Å²) < 4.78 is 25.4. The van der Waals surface area contributed by atoms with Gasteiger partial charge in [0, 0.05) is 25.2 Å². The molecule has 120 valence electrons. The molecule has 2 N–H and O–H groups in total. The maximum absolute atomic E-state index is 12.7. The Morgan fingerprint density at radius 3 is 1.52 bits per heavy atom. The Bertz CT molecular complexity index is 794. The Hall–Kier alpha value is -2.67. The summed E-state index contributed by atoms with van der Waals surface area (Å²) in [6.45, 7) is 2.69. The largest absolute Gasteiger partial charge is 0.326 e. The van der Waals surface area contributed by atoms with Crippen molar-refractivity contribution in [1.29, 1.82) is 0 Å². The topological polar surface area (TPSA) is 92.3 Å². The van der Waals surface area contributed by atoms with Gasteiger partial charge in [0.2, 0.25) is 21.7 Å². The molecule has 0 saturated carbocycles. The Morgan fingerprint density at radius 2 is 1.17 bits per heavy atom. The van der Waals surface area contributed by atoms with Crippen molar-refractivity contribution in [3.8, 4) is 0 Å². The van der Waals surface area contributed by atoms with Gasteiger partial charge in [-0.15, -0.1) is 0 Å². The number of benzene rings is 2. The van der Waals surface area contributed by atoms with Crippen LogP contribution in [-0.2, 0) is 19.4 Å². The van der Waals surface area contributed by atoms with Crippen LogP contribution in [0.3, 0.4) is 0 Å². The van der Waals surface area contributed by atoms with Gasteiger partial charge in [0.15, 0.2) is 0 Å². The van der Waals surface area contributed by atoms with E-state index in [1.165, 1.54) is 38.1 Å². The molecule has 0 bridgehead atoms. The first-order valence-electron chi connectivity index (χ1n) is 6.79. The van der Waals surface area contributed by atoms with Gasteiger partial charge in [-0.2, -0.15) is 0 Å². The number of carbonyl (C=O) groups is 2. The van der Waals surface area contributed by atoms with Crippen molar-refractivity contribution in [3.63, 3.8) is 0 Å². The first-order valence-corrected chi connectivity index (χ1v) is 8.28. The molecular formula is C16H16N2O4S. The number of rotatable bonds is 4. The summed E-state index contributed by atoms with van der Waals surface area (Å²) in [7, 11) is -3.76. The second kappa shape index (κ2) is 6.62. The highest BCUT2D eigenvalue weighted by atomic mass is 32.2. The molecule has 6 nitrogen and oxygen atoms in total. The van der Waals surface area contributed by atoms with Crippen molar-refractivity contribution in [2.24, 2.45) is 0 Å². The number of carbonyl (C=O) groups excluding carboxylic acids is 2. The highest BCUT2D eigenvalue weighted by Crippen LogP contribution is 2.25. The standard InChI is InChI=1S/C16H16N2O4S/c1-11(19)17-13-5-3-7-15(9-13)23(21,22)16-8-4-6-14(10-16)18-12(2)20/h3-10H,1-2H3,(H,17,19)(H,18,20). The fraction of sp³-hybridized carbons (Fsp3) is 0.125. The Morgan fingerprint density at radius 1 is 0.783 bits per heavy atom. The van der Waals surface area contributed by atoms with Crippen molar-refractivity contribution < 1.29 is 18.0 Å². The molecule has 2 aromatic rings. The van der Waals surface area contributed by atoms with Gasteiger partial charge >= 0.3 is 0 Å². The fourth-order valence-corrected chi connectivity index (χ4v) is 3.38. The van der Waals surface area contributed by atoms with Crippen LogP contribution < -0.4 is 10.6 Å². The van der Waals surface area contributed by atoms with E-state index >= 15 is 0 Å². The summed E-state index contributed by atoms with van der Waals surface area (Å²) in [6, 6.07) is 12.0. The van der Waals surface area contributed by atoms with E-state index in [0.29, 0.717) is 11.4 Å². The van der Waals surface area contributed by atoms with E-state index in [1.807, 2.05) is 0 Å². The lowest BCUT2D eigenvalue weighted by atomic mass is 10.3. The molecule has 2 aromatic carbocycles. The number of sulfone groups is 1. The van der Waals surface area contributed by atoms with E-state index in [2.05, 4.69) is 10.6 Å². The summed E-state index contributed by atoms with van der Waals surface area (Å²) in [4.78, 5) is 22.3. The molecule has 0 fully saturated rings. The Kier molecular flexibility index (Phi) is 4.80. The first kappa shape index (κ1) is 16.7. The second-order valence-electron chi connectivity index (χ2n) is 4.92. The van der Waals surface area contributed by atoms with Gasteiger partial charge in [0.05, 0.1) is 9.79 Å². The minimum atomic E-state index is -3.76. The summed E-state index contributed by atoms with van der Waals surface area (Å²) >= 11 is 0. The molecule has 0 aliphatic rings. The molecule has 0 aromatic heterocycles. The van der Waals surface area contributed by atoms with Crippen molar-refractivity contribution in [3.05, 3.63) is 48.5 Å². The smallest absolute Gasteiger partial charge is 0.221 e. The summed E-state index contributed by atoms with van der Waals surface area (Å²) in [5.74, 6) is -0.570. The number of hydrogen-bond donors (Lipinski definition) is 2. The van der Waals surface area contributed by atoms with Gasteiger partial charge in [0.25, 0.3) is 0 Å². The third kappa shape index (κ3) is 4.17. The van der Waals surface area contributed by atoms with E-state index < -0.39 is 9.84 Å². The predicted molar refractivity (Wildman–Crippen MR) is 86.9 cm³/mol. The Labute approximate surface area is 134 Å². The van der Waals surface area contributed by atoms with Crippen molar-refractivity contribution >= 4 is 33.0 Å². The van der Waals surface area contributed by atoms with Gasteiger partial charge in [0.1, 0.15) is 0 Å². The number of anilines is 2. The molecular weight excluding hydrogens is 316 g/mol. The van der Waals surface area contributed by atoms with Crippen LogP contribution >= 0.6 is 0 Å². The van der Waals surface area contributed by atoms with E-state index in [-0.39, 0.29) is 21.6 Å². The second-order valence-corrected chi connectivity index (χ2v) is 6.87. The third-order valence-corrected chi connectivity index (χ3v) is 4.68. The number of nitrogens with one attached hydrogen (secondary N) is 2. The molecule has 0 aliphatic heterocycles. The molecule has 0 spiro atoms. The lowest BCUT2D eigenvalue weighted by Crippen LogP contribution is -2.09. The molecule has 0 unspecified atom stereocenters. The molecule has 0 heterocycles. The van der Waals surface area contributed by atoms with Gasteiger partial charge in [-0.25, -0.2) is 8.42 Å². The lowest BCUT2D eigenvalue weighted by Gasteiger charge is -2.09. The molecule has 0 radical (unpaired) electrons. The number of hydrogen-bond acceptors (Lipinski definition) is 4. The van der Waals surface area contributed by atoms with E-state index in [1.54, 1.807) is 24.3 Å². The zero-order chi connectivity index (χ0) is 17.0. The van der Waals surface area contributed by atoms with Crippen LogP contribution in [0.15, 0.2) is 58.3 Å². The molecule has 0 aliphatic carbocycles. The minimum absolute atomic E-state index is 0.0590. The Balaban J connectivity index is 2.42. The highest BCUT2D eigenvalue weighted by molar-refractivity contribution is 7.91. The van der Waals surface area contributed by atoms with Crippen molar-refractivity contribution in [2.45, 2.75) is 23.6 Å². The quantitative estimate of drug-likeness (QED) is 0.899. The van der Waals surface area contributed by atoms with Crippen LogP contribution in [0.5, 0.6) is 0 Å².